The van der Waals surface area contributed by atoms with Crippen LogP contribution in [0.15, 0.2) is 65.8 Å². The first-order chi connectivity index (χ1) is 15.2. The van der Waals surface area contributed by atoms with Gasteiger partial charge >= 0.3 is 0 Å². The highest BCUT2D eigenvalue weighted by Crippen LogP contribution is 2.25. The van der Waals surface area contributed by atoms with Crippen molar-refractivity contribution in [3.63, 3.8) is 0 Å². The minimum Gasteiger partial charge on any atom is -0.343 e. The molecule has 0 bridgehead atoms. The molecule has 5 nitrogen and oxygen atoms in total. The zero-order valence-electron chi connectivity index (χ0n) is 18.1. The number of para-hydroxylation sites is 1. The molecular formula is C25H30N4OS. The topological polar surface area (TPSA) is 51.0 Å². The van der Waals surface area contributed by atoms with Gasteiger partial charge in [0.05, 0.1) is 0 Å². The molecule has 3 aromatic rings. The first-order valence-corrected chi connectivity index (χ1v) is 12.1. The molecule has 0 unspecified atom stereocenters. The molecule has 0 saturated carbocycles. The summed E-state index contributed by atoms with van der Waals surface area (Å²) in [6, 6.07) is 20.6. The smallest absolute Gasteiger partial charge is 0.222 e. The molecule has 0 radical (unpaired) electrons. The molecule has 1 aromatic heterocycles. The van der Waals surface area contributed by atoms with E-state index in [1.165, 1.54) is 5.56 Å². The Morgan fingerprint density at radius 2 is 1.68 bits per heavy atom. The SMILES string of the molecule is CC1CCN(C(=O)CCCSc2nnc(Cc3ccccc3)n2-c2ccccc2)CC1. The number of benzene rings is 2. The van der Waals surface area contributed by atoms with Crippen LogP contribution in [0.3, 0.4) is 0 Å². The van der Waals surface area contributed by atoms with Gasteiger partial charge in [-0.3, -0.25) is 9.36 Å². The third kappa shape index (κ3) is 5.76. The molecule has 0 atom stereocenters. The fraction of sp³-hybridized carbons (Fsp3) is 0.400. The van der Waals surface area contributed by atoms with Crippen molar-refractivity contribution in [3.8, 4) is 5.69 Å². The molecular weight excluding hydrogens is 404 g/mol. The van der Waals surface area contributed by atoms with E-state index in [0.29, 0.717) is 12.3 Å². The summed E-state index contributed by atoms with van der Waals surface area (Å²) in [7, 11) is 0. The Morgan fingerprint density at radius 3 is 2.39 bits per heavy atom. The van der Waals surface area contributed by atoms with Gasteiger partial charge in [-0.2, -0.15) is 0 Å². The molecule has 2 aromatic carbocycles. The number of hydrogen-bond donors (Lipinski definition) is 0. The number of rotatable bonds is 8. The van der Waals surface area contributed by atoms with E-state index < -0.39 is 0 Å². The van der Waals surface area contributed by atoms with Crippen LogP contribution >= 0.6 is 11.8 Å². The third-order valence-electron chi connectivity index (χ3n) is 5.82. The maximum atomic E-state index is 12.5. The van der Waals surface area contributed by atoms with E-state index in [-0.39, 0.29) is 0 Å². The Bertz CT molecular complexity index is 966. The van der Waals surface area contributed by atoms with Gasteiger partial charge in [-0.15, -0.1) is 10.2 Å². The minimum absolute atomic E-state index is 0.293. The molecule has 1 amide bonds. The van der Waals surface area contributed by atoms with Crippen LogP contribution in [0.2, 0.25) is 0 Å². The molecule has 31 heavy (non-hydrogen) atoms. The van der Waals surface area contributed by atoms with E-state index in [4.69, 9.17) is 0 Å². The summed E-state index contributed by atoms with van der Waals surface area (Å²) in [5.41, 5.74) is 2.28. The summed E-state index contributed by atoms with van der Waals surface area (Å²) < 4.78 is 2.14. The average Bonchev–Trinajstić information content (AvgIpc) is 3.20. The highest BCUT2D eigenvalue weighted by atomic mass is 32.2. The quantitative estimate of drug-likeness (QED) is 0.370. The Kier molecular flexibility index (Phi) is 7.41. The second kappa shape index (κ2) is 10.6. The molecule has 1 fully saturated rings. The summed E-state index contributed by atoms with van der Waals surface area (Å²) in [6.45, 7) is 4.10. The van der Waals surface area contributed by atoms with Crippen LogP contribution in [0.1, 0.15) is 44.0 Å². The number of amides is 1. The molecule has 0 spiro atoms. The van der Waals surface area contributed by atoms with Crippen molar-refractivity contribution in [3.05, 3.63) is 72.1 Å². The van der Waals surface area contributed by atoms with Gasteiger partial charge in [0.2, 0.25) is 5.91 Å². The second-order valence-electron chi connectivity index (χ2n) is 8.25. The maximum absolute atomic E-state index is 12.5. The van der Waals surface area contributed by atoms with Crippen molar-refractivity contribution >= 4 is 17.7 Å². The predicted molar refractivity (Wildman–Crippen MR) is 126 cm³/mol. The monoisotopic (exact) mass is 434 g/mol. The van der Waals surface area contributed by atoms with Crippen molar-refractivity contribution in [1.82, 2.24) is 19.7 Å². The van der Waals surface area contributed by atoms with Crippen molar-refractivity contribution in [2.24, 2.45) is 5.92 Å². The summed E-state index contributed by atoms with van der Waals surface area (Å²) in [4.78, 5) is 14.5. The Morgan fingerprint density at radius 1 is 1.00 bits per heavy atom. The summed E-state index contributed by atoms with van der Waals surface area (Å²) >= 11 is 1.68. The Labute approximate surface area is 188 Å². The molecule has 1 saturated heterocycles. The normalized spacial score (nSPS) is 14.7. The van der Waals surface area contributed by atoms with E-state index in [1.54, 1.807) is 11.8 Å². The molecule has 1 aliphatic rings. The van der Waals surface area contributed by atoms with Crippen molar-refractivity contribution in [2.75, 3.05) is 18.8 Å². The van der Waals surface area contributed by atoms with Crippen molar-refractivity contribution in [2.45, 2.75) is 44.2 Å². The zero-order chi connectivity index (χ0) is 21.5. The molecule has 6 heteroatoms. The Hall–Kier alpha value is -2.60. The summed E-state index contributed by atoms with van der Waals surface area (Å²) in [5, 5.41) is 9.87. The maximum Gasteiger partial charge on any atom is 0.222 e. The third-order valence-corrected chi connectivity index (χ3v) is 6.84. The van der Waals surface area contributed by atoms with E-state index in [9.17, 15) is 4.79 Å². The van der Waals surface area contributed by atoms with Gasteiger partial charge in [0.25, 0.3) is 0 Å². The molecule has 162 valence electrons. The van der Waals surface area contributed by atoms with E-state index in [0.717, 1.165) is 67.1 Å². The van der Waals surface area contributed by atoms with Crippen LogP contribution in [0.4, 0.5) is 0 Å². The highest BCUT2D eigenvalue weighted by Gasteiger charge is 2.20. The van der Waals surface area contributed by atoms with Crippen molar-refractivity contribution in [1.29, 1.82) is 0 Å². The van der Waals surface area contributed by atoms with Crippen LogP contribution in [0, 0.1) is 5.92 Å². The summed E-state index contributed by atoms with van der Waals surface area (Å²) in [6.07, 6.45) is 4.45. The van der Waals surface area contributed by atoms with Gasteiger partial charge in [-0.05, 0) is 42.9 Å². The Balaban J connectivity index is 1.39. The van der Waals surface area contributed by atoms with E-state index in [1.807, 2.05) is 41.3 Å². The lowest BCUT2D eigenvalue weighted by Crippen LogP contribution is -2.37. The van der Waals surface area contributed by atoms with E-state index in [2.05, 4.69) is 46.0 Å². The molecule has 0 aliphatic carbocycles. The van der Waals surface area contributed by atoms with Gasteiger partial charge in [-0.1, -0.05) is 67.2 Å². The van der Waals surface area contributed by atoms with Crippen LogP contribution in [0.5, 0.6) is 0 Å². The lowest BCUT2D eigenvalue weighted by molar-refractivity contribution is -0.132. The lowest BCUT2D eigenvalue weighted by atomic mass is 9.99. The highest BCUT2D eigenvalue weighted by molar-refractivity contribution is 7.99. The van der Waals surface area contributed by atoms with Gasteiger partial charge in [0, 0.05) is 37.4 Å². The number of carbonyl (C=O) groups is 1. The number of hydrogen-bond acceptors (Lipinski definition) is 4. The molecule has 2 heterocycles. The van der Waals surface area contributed by atoms with Gasteiger partial charge in [0.1, 0.15) is 5.82 Å². The van der Waals surface area contributed by atoms with Crippen LogP contribution in [-0.4, -0.2) is 44.4 Å². The van der Waals surface area contributed by atoms with Crippen LogP contribution < -0.4 is 0 Å². The van der Waals surface area contributed by atoms with Crippen molar-refractivity contribution < 1.29 is 4.79 Å². The number of nitrogens with zero attached hydrogens (tertiary/aromatic N) is 4. The first kappa shape index (κ1) is 21.6. The average molecular weight is 435 g/mol. The number of carbonyl (C=O) groups excluding carboxylic acids is 1. The molecule has 0 N–H and O–H groups in total. The first-order valence-electron chi connectivity index (χ1n) is 11.1. The van der Waals surface area contributed by atoms with Gasteiger partial charge in [0.15, 0.2) is 5.16 Å². The number of piperidine rings is 1. The van der Waals surface area contributed by atoms with Gasteiger partial charge in [-0.25, -0.2) is 0 Å². The van der Waals surface area contributed by atoms with E-state index >= 15 is 0 Å². The number of aromatic nitrogens is 3. The number of likely N-dealkylation sites (tertiary alicyclic amines) is 1. The number of thioether (sulfide) groups is 1. The predicted octanol–water partition coefficient (Wildman–Crippen LogP) is 4.99. The fourth-order valence-electron chi connectivity index (χ4n) is 3.93. The zero-order valence-corrected chi connectivity index (χ0v) is 18.9. The second-order valence-corrected chi connectivity index (χ2v) is 9.31. The molecule has 1 aliphatic heterocycles. The van der Waals surface area contributed by atoms with Crippen LogP contribution in [-0.2, 0) is 11.2 Å². The van der Waals surface area contributed by atoms with Crippen LogP contribution in [0.25, 0.3) is 5.69 Å². The standard InChI is InChI=1S/C25H30N4OS/c1-20-14-16-28(17-15-20)24(30)13-8-18-31-25-27-26-23(19-21-9-4-2-5-10-21)29(25)22-11-6-3-7-12-22/h2-7,9-12,20H,8,13-19H2,1H3. The lowest BCUT2D eigenvalue weighted by Gasteiger charge is -2.30. The summed E-state index contributed by atoms with van der Waals surface area (Å²) in [5.74, 6) is 2.82. The fourth-order valence-corrected chi connectivity index (χ4v) is 4.84. The minimum atomic E-state index is 0.293. The largest absolute Gasteiger partial charge is 0.343 e. The molecule has 4 rings (SSSR count). The van der Waals surface area contributed by atoms with Gasteiger partial charge < -0.3 is 4.90 Å².